The number of rotatable bonds is 4. The van der Waals surface area contributed by atoms with Crippen molar-refractivity contribution in [3.8, 4) is 0 Å². The van der Waals surface area contributed by atoms with Crippen LogP contribution in [0.15, 0.2) is 22.7 Å². The number of non-ortho nitro benzene ring substituents is 1. The molecule has 1 amide bonds. The van der Waals surface area contributed by atoms with Gasteiger partial charge in [-0.25, -0.2) is 0 Å². The maximum absolute atomic E-state index is 11.5. The lowest BCUT2D eigenvalue weighted by molar-refractivity contribution is -0.385. The summed E-state index contributed by atoms with van der Waals surface area (Å²) in [5.74, 6) is -0.380. The van der Waals surface area contributed by atoms with Crippen molar-refractivity contribution in [2.24, 2.45) is 5.73 Å². The lowest BCUT2D eigenvalue weighted by Gasteiger charge is -2.03. The van der Waals surface area contributed by atoms with Gasteiger partial charge in [0.05, 0.1) is 4.92 Å². The summed E-state index contributed by atoms with van der Waals surface area (Å²) in [7, 11) is 0. The quantitative estimate of drug-likeness (QED) is 0.639. The van der Waals surface area contributed by atoms with Gasteiger partial charge in [0.1, 0.15) is 0 Å². The number of hydrogen-bond donors (Lipinski definition) is 2. The molecule has 0 aromatic heterocycles. The van der Waals surface area contributed by atoms with Crippen LogP contribution in [0.25, 0.3) is 0 Å². The van der Waals surface area contributed by atoms with Gasteiger partial charge < -0.3 is 11.1 Å². The van der Waals surface area contributed by atoms with Crippen LogP contribution < -0.4 is 11.1 Å². The Morgan fingerprint density at radius 1 is 1.50 bits per heavy atom. The van der Waals surface area contributed by atoms with E-state index >= 15 is 0 Å². The number of carbonyl (C=O) groups is 1. The molecule has 0 fully saturated rings. The molecule has 1 rings (SSSR count). The second kappa shape index (κ2) is 5.57. The van der Waals surface area contributed by atoms with E-state index in [9.17, 15) is 14.9 Å². The summed E-state index contributed by atoms with van der Waals surface area (Å²) in [6, 6.07) is 4.06. The van der Waals surface area contributed by atoms with Crippen LogP contribution in [0.1, 0.15) is 10.4 Å². The number of benzene rings is 1. The van der Waals surface area contributed by atoms with Crippen LogP contribution >= 0.6 is 15.9 Å². The number of carbonyl (C=O) groups excluding carboxylic acids is 1. The molecule has 7 heteroatoms. The Morgan fingerprint density at radius 2 is 2.19 bits per heavy atom. The second-order valence-electron chi connectivity index (χ2n) is 3.00. The van der Waals surface area contributed by atoms with Gasteiger partial charge in [-0.15, -0.1) is 0 Å². The molecular formula is C9H10BrN3O3. The summed E-state index contributed by atoms with van der Waals surface area (Å²) in [6.45, 7) is 0.654. The van der Waals surface area contributed by atoms with Crippen LogP contribution in [-0.4, -0.2) is 23.9 Å². The van der Waals surface area contributed by atoms with Crippen molar-refractivity contribution in [3.63, 3.8) is 0 Å². The SMILES string of the molecule is NCCNC(=O)c1cc(Br)cc([N+](=O)[O-])c1. The number of amides is 1. The first-order valence-corrected chi connectivity index (χ1v) is 5.27. The molecule has 1 aromatic rings. The normalized spacial score (nSPS) is 9.88. The predicted molar refractivity (Wildman–Crippen MR) is 62.2 cm³/mol. The van der Waals surface area contributed by atoms with E-state index < -0.39 is 4.92 Å². The van der Waals surface area contributed by atoms with Crippen molar-refractivity contribution < 1.29 is 9.72 Å². The Balaban J connectivity index is 2.95. The lowest BCUT2D eigenvalue weighted by atomic mass is 10.2. The van der Waals surface area contributed by atoms with Crippen LogP contribution in [0.3, 0.4) is 0 Å². The van der Waals surface area contributed by atoms with Crippen molar-refractivity contribution in [1.29, 1.82) is 0 Å². The number of nitro benzene ring substituents is 1. The Bertz CT molecular complexity index is 422. The van der Waals surface area contributed by atoms with Crippen molar-refractivity contribution >= 4 is 27.5 Å². The van der Waals surface area contributed by atoms with Gasteiger partial charge in [0.15, 0.2) is 0 Å². The minimum Gasteiger partial charge on any atom is -0.351 e. The minimum absolute atomic E-state index is 0.132. The maximum Gasteiger partial charge on any atom is 0.271 e. The van der Waals surface area contributed by atoms with E-state index in [4.69, 9.17) is 5.73 Å². The Kier molecular flexibility index (Phi) is 4.39. The van der Waals surface area contributed by atoms with Crippen LogP contribution in [0.4, 0.5) is 5.69 Å². The second-order valence-corrected chi connectivity index (χ2v) is 3.92. The van der Waals surface area contributed by atoms with Crippen molar-refractivity contribution in [2.45, 2.75) is 0 Å². The number of nitrogens with one attached hydrogen (secondary N) is 1. The maximum atomic E-state index is 11.5. The smallest absolute Gasteiger partial charge is 0.271 e. The van der Waals surface area contributed by atoms with Gasteiger partial charge in [0.2, 0.25) is 0 Å². The van der Waals surface area contributed by atoms with E-state index in [-0.39, 0.29) is 17.2 Å². The third-order valence-corrected chi connectivity index (χ3v) is 2.24. The fourth-order valence-electron chi connectivity index (χ4n) is 1.10. The first kappa shape index (κ1) is 12.6. The third kappa shape index (κ3) is 3.28. The molecule has 0 saturated heterocycles. The summed E-state index contributed by atoms with van der Waals surface area (Å²) in [5.41, 5.74) is 5.33. The number of halogens is 1. The van der Waals surface area contributed by atoms with Gasteiger partial charge in [-0.3, -0.25) is 14.9 Å². The zero-order valence-corrected chi connectivity index (χ0v) is 9.86. The van der Waals surface area contributed by atoms with E-state index in [1.807, 2.05) is 0 Å². The first-order chi connectivity index (χ1) is 7.54. The molecule has 16 heavy (non-hydrogen) atoms. The summed E-state index contributed by atoms with van der Waals surface area (Å²) in [4.78, 5) is 21.5. The van der Waals surface area contributed by atoms with E-state index in [1.54, 1.807) is 0 Å². The number of nitro groups is 1. The highest BCUT2D eigenvalue weighted by atomic mass is 79.9. The minimum atomic E-state index is -0.551. The monoisotopic (exact) mass is 287 g/mol. The van der Waals surface area contributed by atoms with E-state index in [0.29, 0.717) is 17.6 Å². The van der Waals surface area contributed by atoms with Crippen LogP contribution in [0.2, 0.25) is 0 Å². The number of nitrogens with two attached hydrogens (primary N) is 1. The summed E-state index contributed by atoms with van der Waals surface area (Å²) in [5, 5.41) is 13.1. The summed E-state index contributed by atoms with van der Waals surface area (Å²) in [6.07, 6.45) is 0. The average Bonchev–Trinajstić information content (AvgIpc) is 2.24. The molecule has 6 nitrogen and oxygen atoms in total. The van der Waals surface area contributed by atoms with Gasteiger partial charge in [-0.1, -0.05) is 15.9 Å². The third-order valence-electron chi connectivity index (χ3n) is 1.79. The molecule has 0 radical (unpaired) electrons. The zero-order valence-electron chi connectivity index (χ0n) is 8.27. The first-order valence-electron chi connectivity index (χ1n) is 4.48. The highest BCUT2D eigenvalue weighted by Gasteiger charge is 2.13. The zero-order chi connectivity index (χ0) is 12.1. The van der Waals surface area contributed by atoms with E-state index in [1.165, 1.54) is 18.2 Å². The average molecular weight is 288 g/mol. The molecule has 0 aliphatic rings. The van der Waals surface area contributed by atoms with Gasteiger partial charge in [-0.05, 0) is 6.07 Å². The lowest BCUT2D eigenvalue weighted by Crippen LogP contribution is -2.29. The molecule has 0 saturated carbocycles. The molecule has 0 heterocycles. The van der Waals surface area contributed by atoms with Gasteiger partial charge in [-0.2, -0.15) is 0 Å². The molecule has 0 atom stereocenters. The molecule has 0 bridgehead atoms. The topological polar surface area (TPSA) is 98.3 Å². The van der Waals surface area contributed by atoms with Gasteiger partial charge >= 0.3 is 0 Å². The Morgan fingerprint density at radius 3 is 2.75 bits per heavy atom. The molecule has 0 spiro atoms. The fourth-order valence-corrected chi connectivity index (χ4v) is 1.58. The van der Waals surface area contributed by atoms with Gasteiger partial charge in [0.25, 0.3) is 11.6 Å². The van der Waals surface area contributed by atoms with E-state index in [0.717, 1.165) is 0 Å². The Labute approximate surface area is 100 Å². The summed E-state index contributed by atoms with van der Waals surface area (Å²) < 4.78 is 0.486. The summed E-state index contributed by atoms with van der Waals surface area (Å²) >= 11 is 3.11. The largest absolute Gasteiger partial charge is 0.351 e. The fraction of sp³-hybridized carbons (Fsp3) is 0.222. The molecule has 1 aromatic carbocycles. The van der Waals surface area contributed by atoms with Crippen LogP contribution in [0, 0.1) is 10.1 Å². The molecule has 0 aliphatic heterocycles. The number of hydrogen-bond acceptors (Lipinski definition) is 4. The standard InChI is InChI=1S/C9H10BrN3O3/c10-7-3-6(9(14)12-2-1-11)4-8(5-7)13(15)16/h3-5H,1-2,11H2,(H,12,14). The molecule has 0 aliphatic carbocycles. The predicted octanol–water partition coefficient (Wildman–Crippen LogP) is 1.05. The molecule has 0 unspecified atom stereocenters. The molecule has 3 N–H and O–H groups in total. The van der Waals surface area contributed by atoms with Crippen LogP contribution in [-0.2, 0) is 0 Å². The highest BCUT2D eigenvalue weighted by Crippen LogP contribution is 2.21. The highest BCUT2D eigenvalue weighted by molar-refractivity contribution is 9.10. The Hall–Kier alpha value is -1.47. The van der Waals surface area contributed by atoms with Gasteiger partial charge in [0, 0.05) is 35.3 Å². The van der Waals surface area contributed by atoms with Crippen molar-refractivity contribution in [1.82, 2.24) is 5.32 Å². The van der Waals surface area contributed by atoms with E-state index in [2.05, 4.69) is 21.2 Å². The van der Waals surface area contributed by atoms with Crippen LogP contribution in [0.5, 0.6) is 0 Å². The molecule has 86 valence electrons. The van der Waals surface area contributed by atoms with Crippen molar-refractivity contribution in [3.05, 3.63) is 38.3 Å². The van der Waals surface area contributed by atoms with Crippen molar-refractivity contribution in [2.75, 3.05) is 13.1 Å². The number of nitrogens with zero attached hydrogens (tertiary/aromatic N) is 1. The molecular weight excluding hydrogens is 278 g/mol.